The lowest BCUT2D eigenvalue weighted by atomic mass is 10.0. The summed E-state index contributed by atoms with van der Waals surface area (Å²) in [4.78, 5) is 14.6. The summed E-state index contributed by atoms with van der Waals surface area (Å²) in [7, 11) is 0. The number of rotatable bonds is 8. The lowest BCUT2D eigenvalue weighted by Crippen LogP contribution is -2.09. The molecule has 8 aromatic carbocycles. The van der Waals surface area contributed by atoms with Gasteiger partial charge in [-0.15, -0.1) is 11.3 Å². The van der Waals surface area contributed by atoms with E-state index in [0.717, 1.165) is 77.4 Å². The first-order valence-corrected chi connectivity index (χ1v) is 20.2. The number of thiophene rings is 1. The van der Waals surface area contributed by atoms with Crippen LogP contribution in [0.4, 0.5) is 34.1 Å². The molecule has 0 unspecified atom stereocenters. The van der Waals surface area contributed by atoms with Gasteiger partial charge in [0.2, 0.25) is 0 Å². The van der Waals surface area contributed by atoms with Gasteiger partial charge in [-0.25, -0.2) is 9.97 Å². The molecule has 0 aliphatic carbocycles. The molecule has 58 heavy (non-hydrogen) atoms. The molecule has 0 aliphatic rings. The number of hydrogen-bond donors (Lipinski definition) is 0. The third-order valence-electron chi connectivity index (χ3n) is 10.9. The van der Waals surface area contributed by atoms with Crippen molar-refractivity contribution in [2.45, 2.75) is 0 Å². The Balaban J connectivity index is 1.17. The molecule has 0 fully saturated rings. The largest absolute Gasteiger partial charge is 0.310 e. The van der Waals surface area contributed by atoms with E-state index >= 15 is 0 Å². The average Bonchev–Trinajstić information content (AvgIpc) is 3.83. The van der Waals surface area contributed by atoms with Crippen LogP contribution >= 0.6 is 11.3 Å². The lowest BCUT2D eigenvalue weighted by Gasteiger charge is -2.26. The van der Waals surface area contributed by atoms with Crippen molar-refractivity contribution < 1.29 is 0 Å². The van der Waals surface area contributed by atoms with Crippen molar-refractivity contribution in [3.05, 3.63) is 213 Å². The van der Waals surface area contributed by atoms with Crippen LogP contribution in [0.2, 0.25) is 0 Å². The van der Waals surface area contributed by atoms with Crippen LogP contribution in [-0.4, -0.2) is 14.5 Å². The summed E-state index contributed by atoms with van der Waals surface area (Å²) in [5.74, 6) is 0.874. The predicted molar refractivity (Wildman–Crippen MR) is 244 cm³/mol. The Morgan fingerprint density at radius 1 is 0.379 bits per heavy atom. The van der Waals surface area contributed by atoms with E-state index in [1.807, 2.05) is 0 Å². The maximum atomic E-state index is 5.07. The van der Waals surface area contributed by atoms with E-state index < -0.39 is 0 Å². The minimum Gasteiger partial charge on any atom is -0.310 e. The van der Waals surface area contributed by atoms with Crippen LogP contribution in [0.1, 0.15) is 0 Å². The van der Waals surface area contributed by atoms with Gasteiger partial charge in [-0.2, -0.15) is 0 Å². The van der Waals surface area contributed by atoms with Gasteiger partial charge in [-0.3, -0.25) is 4.57 Å². The molecular weight excluding hydrogens is 727 g/mol. The quantitative estimate of drug-likeness (QED) is 0.155. The second-order valence-corrected chi connectivity index (χ2v) is 15.4. The Morgan fingerprint density at radius 3 is 1.33 bits per heavy atom. The Kier molecular flexibility index (Phi) is 8.26. The molecule has 5 nitrogen and oxygen atoms in total. The van der Waals surface area contributed by atoms with Gasteiger partial charge < -0.3 is 9.80 Å². The van der Waals surface area contributed by atoms with Gasteiger partial charge in [-0.1, -0.05) is 109 Å². The minimum atomic E-state index is 0.874. The van der Waals surface area contributed by atoms with Crippen LogP contribution in [0.25, 0.3) is 59.1 Å². The van der Waals surface area contributed by atoms with Crippen molar-refractivity contribution in [2.75, 3.05) is 9.80 Å². The van der Waals surface area contributed by atoms with Crippen LogP contribution < -0.4 is 9.80 Å². The van der Waals surface area contributed by atoms with E-state index in [0.29, 0.717) is 0 Å². The third-order valence-corrected chi connectivity index (χ3v) is 12.0. The molecule has 11 aromatic rings. The van der Waals surface area contributed by atoms with Crippen LogP contribution in [0.15, 0.2) is 213 Å². The van der Waals surface area contributed by atoms with Crippen molar-refractivity contribution >= 4 is 87.6 Å². The topological polar surface area (TPSA) is 37.2 Å². The Bertz CT molecular complexity index is 3000. The van der Waals surface area contributed by atoms with Gasteiger partial charge in [0.15, 0.2) is 5.82 Å². The van der Waals surface area contributed by atoms with Crippen LogP contribution in [0.3, 0.4) is 0 Å². The predicted octanol–water partition coefficient (Wildman–Crippen LogP) is 14.5. The summed E-state index contributed by atoms with van der Waals surface area (Å²) < 4.78 is 4.57. The van der Waals surface area contributed by atoms with Crippen LogP contribution in [-0.2, 0) is 0 Å². The molecular formula is C52H35N5S. The van der Waals surface area contributed by atoms with Crippen LogP contribution in [0.5, 0.6) is 0 Å². The molecule has 0 atom stereocenters. The summed E-state index contributed by atoms with van der Waals surface area (Å²) in [6.45, 7) is 0. The number of aromatic nitrogens is 3. The second kappa shape index (κ2) is 14.2. The standard InChI is InChI=1S/C52H35N5S/c1-6-16-36(17-7-1)37-26-31-49-46(32-37)50-51(58-49)52(54-35-53-50)57-47-29-27-42(55(38-18-8-2-9-19-38)39-20-10-3-11-21-39)33-44(47)45-34-43(28-30-48(45)57)56(40-22-12-4-13-23-40)41-24-14-5-15-25-41/h1-35H. The Labute approximate surface area is 340 Å². The second-order valence-electron chi connectivity index (χ2n) is 14.3. The van der Waals surface area contributed by atoms with E-state index in [2.05, 4.69) is 221 Å². The fourth-order valence-corrected chi connectivity index (χ4v) is 9.36. The maximum absolute atomic E-state index is 5.07. The highest BCUT2D eigenvalue weighted by Gasteiger charge is 2.22. The van der Waals surface area contributed by atoms with Crippen molar-refractivity contribution in [1.29, 1.82) is 0 Å². The van der Waals surface area contributed by atoms with Crippen molar-refractivity contribution in [1.82, 2.24) is 14.5 Å². The first-order chi connectivity index (χ1) is 28.8. The molecule has 0 amide bonds. The number of para-hydroxylation sites is 4. The zero-order chi connectivity index (χ0) is 38.4. The SMILES string of the molecule is c1ccc(-c2ccc3sc4c(-n5c6ccc(N(c7ccccc7)c7ccccc7)cc6c6cc(N(c7ccccc7)c7ccccc7)ccc65)ncnc4c3c2)cc1. The summed E-state index contributed by atoms with van der Waals surface area (Å²) in [6.07, 6.45) is 1.72. The van der Waals surface area contributed by atoms with E-state index in [-0.39, 0.29) is 0 Å². The van der Waals surface area contributed by atoms with Gasteiger partial charge in [0, 0.05) is 55.0 Å². The van der Waals surface area contributed by atoms with Gasteiger partial charge in [0.1, 0.15) is 6.33 Å². The summed E-state index contributed by atoms with van der Waals surface area (Å²) in [5.41, 5.74) is 12.0. The molecule has 0 aliphatic heterocycles. The maximum Gasteiger partial charge on any atom is 0.159 e. The molecule has 0 N–H and O–H groups in total. The fourth-order valence-electron chi connectivity index (χ4n) is 8.24. The van der Waals surface area contributed by atoms with Gasteiger partial charge in [-0.05, 0) is 108 Å². The summed E-state index contributed by atoms with van der Waals surface area (Å²) in [6, 6.07) is 73.2. The van der Waals surface area contributed by atoms with Gasteiger partial charge in [0.25, 0.3) is 0 Å². The molecule has 3 aromatic heterocycles. The number of anilines is 6. The van der Waals surface area contributed by atoms with Crippen molar-refractivity contribution in [2.24, 2.45) is 0 Å². The van der Waals surface area contributed by atoms with Gasteiger partial charge in [0.05, 0.1) is 21.3 Å². The minimum absolute atomic E-state index is 0.874. The van der Waals surface area contributed by atoms with E-state index in [1.165, 1.54) is 15.8 Å². The summed E-state index contributed by atoms with van der Waals surface area (Å²) >= 11 is 1.75. The highest BCUT2D eigenvalue weighted by molar-refractivity contribution is 7.26. The van der Waals surface area contributed by atoms with Crippen molar-refractivity contribution in [3.63, 3.8) is 0 Å². The molecule has 3 heterocycles. The van der Waals surface area contributed by atoms with E-state index in [1.54, 1.807) is 17.7 Å². The fraction of sp³-hybridized carbons (Fsp3) is 0. The Morgan fingerprint density at radius 2 is 0.845 bits per heavy atom. The van der Waals surface area contributed by atoms with Crippen LogP contribution in [0, 0.1) is 0 Å². The molecule has 11 rings (SSSR count). The van der Waals surface area contributed by atoms with Crippen molar-refractivity contribution in [3.8, 4) is 16.9 Å². The lowest BCUT2D eigenvalue weighted by molar-refractivity contribution is 1.08. The molecule has 274 valence electrons. The molecule has 0 bridgehead atoms. The smallest absolute Gasteiger partial charge is 0.159 e. The van der Waals surface area contributed by atoms with E-state index in [4.69, 9.17) is 9.97 Å². The molecule has 0 saturated carbocycles. The third kappa shape index (κ3) is 5.78. The molecule has 0 spiro atoms. The zero-order valence-electron chi connectivity index (χ0n) is 31.4. The number of fused-ring (bicyclic) bond motifs is 6. The molecule has 0 saturated heterocycles. The first-order valence-electron chi connectivity index (χ1n) is 19.4. The Hall–Kier alpha value is -7.54. The average molecular weight is 762 g/mol. The summed E-state index contributed by atoms with van der Waals surface area (Å²) in [5, 5.41) is 3.40. The first kappa shape index (κ1) is 33.8. The molecule has 0 radical (unpaired) electrons. The normalized spacial score (nSPS) is 11.4. The van der Waals surface area contributed by atoms with E-state index in [9.17, 15) is 0 Å². The highest BCUT2D eigenvalue weighted by Crippen LogP contribution is 2.44. The number of benzene rings is 8. The monoisotopic (exact) mass is 761 g/mol. The zero-order valence-corrected chi connectivity index (χ0v) is 32.2. The van der Waals surface area contributed by atoms with Gasteiger partial charge >= 0.3 is 0 Å². The highest BCUT2D eigenvalue weighted by atomic mass is 32.1. The molecule has 6 heteroatoms. The number of hydrogen-bond acceptors (Lipinski definition) is 5. The number of nitrogens with zero attached hydrogens (tertiary/aromatic N) is 5.